The molecule has 2 amide bonds. The quantitative estimate of drug-likeness (QED) is 0.205. The van der Waals surface area contributed by atoms with E-state index in [4.69, 9.17) is 5.73 Å². The van der Waals surface area contributed by atoms with E-state index in [9.17, 15) is 9.59 Å². The summed E-state index contributed by atoms with van der Waals surface area (Å²) < 4.78 is 4.38. The smallest absolute Gasteiger partial charge is 0.404 e. The van der Waals surface area contributed by atoms with Gasteiger partial charge in [0.05, 0.1) is 6.54 Å². The van der Waals surface area contributed by atoms with Crippen molar-refractivity contribution in [1.82, 2.24) is 10.8 Å². The molecule has 0 atom stereocenters. The number of amides is 2. The molecule has 0 unspecified atom stereocenters. The molecule has 0 saturated carbocycles. The second-order valence-corrected chi connectivity index (χ2v) is 2.31. The zero-order chi connectivity index (χ0) is 11.5. The molecular formula is C7H14N4O4. The Balaban J connectivity index is 3.29. The van der Waals surface area contributed by atoms with Crippen LogP contribution < -0.4 is 16.5 Å². The van der Waals surface area contributed by atoms with Gasteiger partial charge in [-0.05, 0) is 0 Å². The van der Waals surface area contributed by atoms with Crippen molar-refractivity contribution in [2.24, 2.45) is 10.7 Å². The van der Waals surface area contributed by atoms with Gasteiger partial charge in [0.2, 0.25) is 5.91 Å². The van der Waals surface area contributed by atoms with Gasteiger partial charge in [-0.1, -0.05) is 0 Å². The molecule has 8 heteroatoms. The van der Waals surface area contributed by atoms with Crippen LogP contribution in [0.25, 0.3) is 0 Å². The van der Waals surface area contributed by atoms with Crippen molar-refractivity contribution in [1.29, 1.82) is 0 Å². The molecule has 0 aliphatic heterocycles. The minimum absolute atomic E-state index is 0.0327. The van der Waals surface area contributed by atoms with Crippen molar-refractivity contribution in [2.75, 3.05) is 26.8 Å². The van der Waals surface area contributed by atoms with Crippen molar-refractivity contribution in [3.05, 3.63) is 0 Å². The second-order valence-electron chi connectivity index (χ2n) is 2.31. The normalized spacial score (nSPS) is 9.93. The van der Waals surface area contributed by atoms with Crippen LogP contribution in [-0.2, 0) is 14.4 Å². The summed E-state index contributed by atoms with van der Waals surface area (Å²) >= 11 is 0. The zero-order valence-corrected chi connectivity index (χ0v) is 8.36. The molecule has 0 rings (SSSR count). The lowest BCUT2D eigenvalue weighted by Gasteiger charge is -2.05. The van der Waals surface area contributed by atoms with Crippen LogP contribution in [0.4, 0.5) is 4.79 Å². The summed E-state index contributed by atoms with van der Waals surface area (Å²) in [6, 6.07) is 0. The first-order valence-electron chi connectivity index (χ1n) is 4.13. The van der Waals surface area contributed by atoms with E-state index in [1.165, 1.54) is 6.34 Å². The number of rotatable bonds is 7. The summed E-state index contributed by atoms with van der Waals surface area (Å²) in [5, 5.41) is 2.43. The predicted octanol–water partition coefficient (Wildman–Crippen LogP) is -1.62. The lowest BCUT2D eigenvalue weighted by molar-refractivity contribution is -0.127. The average Bonchev–Trinajstić information content (AvgIpc) is 2.19. The molecule has 8 nitrogen and oxygen atoms in total. The number of hydrogen-bond donors (Lipinski definition) is 3. The van der Waals surface area contributed by atoms with Gasteiger partial charge < -0.3 is 15.8 Å². The molecule has 0 radical (unpaired) electrons. The number of nitrogens with zero attached hydrogens (tertiary/aromatic N) is 1. The van der Waals surface area contributed by atoms with Crippen molar-refractivity contribution in [3.8, 4) is 0 Å². The fraction of sp³-hybridized carbons (Fsp3) is 0.571. The lowest BCUT2D eigenvalue weighted by atomic mass is 10.6. The Morgan fingerprint density at radius 3 is 2.87 bits per heavy atom. The van der Waals surface area contributed by atoms with Crippen molar-refractivity contribution in [2.45, 2.75) is 0 Å². The van der Waals surface area contributed by atoms with E-state index in [2.05, 4.69) is 25.4 Å². The van der Waals surface area contributed by atoms with Crippen LogP contribution in [0.3, 0.4) is 0 Å². The van der Waals surface area contributed by atoms with Crippen molar-refractivity contribution < 1.29 is 19.2 Å². The van der Waals surface area contributed by atoms with Crippen LogP contribution in [0.2, 0.25) is 0 Å². The Labute approximate surface area is 86.8 Å². The first-order valence-corrected chi connectivity index (χ1v) is 4.13. The molecule has 0 aromatic carbocycles. The molecule has 0 fully saturated rings. The van der Waals surface area contributed by atoms with E-state index in [0.717, 1.165) is 0 Å². The molecule has 4 N–H and O–H groups in total. The summed E-state index contributed by atoms with van der Waals surface area (Å²) in [6.45, 7) is 0.0561. The Kier molecular flexibility index (Phi) is 7.69. The summed E-state index contributed by atoms with van der Waals surface area (Å²) in [7, 11) is 1.55. The molecule has 0 aliphatic rings. The number of ether oxygens (including phenoxy) is 1. The molecule has 0 saturated heterocycles. The van der Waals surface area contributed by atoms with Crippen LogP contribution in [0.5, 0.6) is 0 Å². The summed E-state index contributed by atoms with van der Waals surface area (Å²) in [4.78, 5) is 29.3. The largest absolute Gasteiger partial charge is 0.448 e. The van der Waals surface area contributed by atoms with Gasteiger partial charge in [-0.3, -0.25) is 20.1 Å². The van der Waals surface area contributed by atoms with E-state index < -0.39 is 6.09 Å². The van der Waals surface area contributed by atoms with Gasteiger partial charge in [-0.25, -0.2) is 4.79 Å². The second kappa shape index (κ2) is 8.75. The maximum atomic E-state index is 11.0. The SMILES string of the molecule is CN=CNOCC(=O)NCCOC(N)=O. The van der Waals surface area contributed by atoms with Crippen molar-refractivity contribution >= 4 is 18.3 Å². The minimum atomic E-state index is -0.874. The third-order valence-corrected chi connectivity index (χ3v) is 1.14. The van der Waals surface area contributed by atoms with E-state index in [-0.39, 0.29) is 25.7 Å². The van der Waals surface area contributed by atoms with E-state index in [1.807, 2.05) is 0 Å². The number of carbonyl (C=O) groups excluding carboxylic acids is 2. The number of nitrogens with one attached hydrogen (secondary N) is 2. The molecule has 0 bridgehead atoms. The third kappa shape index (κ3) is 10.1. The number of hydroxylamine groups is 1. The Bertz CT molecular complexity index is 231. The average molecular weight is 218 g/mol. The minimum Gasteiger partial charge on any atom is -0.448 e. The van der Waals surface area contributed by atoms with Gasteiger partial charge >= 0.3 is 6.09 Å². The van der Waals surface area contributed by atoms with Gasteiger partial charge in [0, 0.05) is 7.05 Å². The van der Waals surface area contributed by atoms with Crippen LogP contribution >= 0.6 is 0 Å². The van der Waals surface area contributed by atoms with Crippen molar-refractivity contribution in [3.63, 3.8) is 0 Å². The van der Waals surface area contributed by atoms with Crippen LogP contribution in [0.15, 0.2) is 4.99 Å². The molecule has 0 aromatic rings. The van der Waals surface area contributed by atoms with Gasteiger partial charge in [0.25, 0.3) is 0 Å². The summed E-state index contributed by atoms with van der Waals surface area (Å²) in [5.74, 6) is -0.347. The molecule has 0 heterocycles. The fourth-order valence-electron chi connectivity index (χ4n) is 0.590. The molecule has 15 heavy (non-hydrogen) atoms. The maximum absolute atomic E-state index is 11.0. The Morgan fingerprint density at radius 2 is 2.27 bits per heavy atom. The summed E-state index contributed by atoms with van der Waals surface area (Å²) in [5.41, 5.74) is 7.02. The number of aliphatic imine (C=N–C) groups is 1. The molecule has 0 spiro atoms. The first kappa shape index (κ1) is 13.2. The predicted molar refractivity (Wildman–Crippen MR) is 52.0 cm³/mol. The Morgan fingerprint density at radius 1 is 1.53 bits per heavy atom. The van der Waals surface area contributed by atoms with Gasteiger partial charge in [-0.2, -0.15) is 0 Å². The number of hydrogen-bond acceptors (Lipinski definition) is 5. The van der Waals surface area contributed by atoms with Crippen LogP contribution in [0, 0.1) is 0 Å². The maximum Gasteiger partial charge on any atom is 0.404 e. The highest BCUT2D eigenvalue weighted by Gasteiger charge is 2.00. The number of primary amides is 1. The molecular weight excluding hydrogens is 204 g/mol. The standard InChI is InChI=1S/C7H14N4O4/c1-9-5-11-15-4-6(12)10-2-3-14-7(8)13/h5H,2-4H2,1H3,(H2,8,13)(H,9,11)(H,10,12). The van der Waals surface area contributed by atoms with E-state index >= 15 is 0 Å². The first-order chi connectivity index (χ1) is 7.16. The van der Waals surface area contributed by atoms with Crippen LogP contribution in [-0.4, -0.2) is 45.1 Å². The van der Waals surface area contributed by atoms with Crippen LogP contribution in [0.1, 0.15) is 0 Å². The van der Waals surface area contributed by atoms with E-state index in [0.29, 0.717) is 0 Å². The lowest BCUT2D eigenvalue weighted by Crippen LogP contribution is -2.33. The highest BCUT2D eigenvalue weighted by molar-refractivity contribution is 5.77. The monoisotopic (exact) mass is 218 g/mol. The zero-order valence-electron chi connectivity index (χ0n) is 8.36. The fourth-order valence-corrected chi connectivity index (χ4v) is 0.590. The molecule has 0 aromatic heterocycles. The van der Waals surface area contributed by atoms with Gasteiger partial charge in [0.15, 0.2) is 6.61 Å². The highest BCUT2D eigenvalue weighted by atomic mass is 16.6. The van der Waals surface area contributed by atoms with E-state index in [1.54, 1.807) is 7.05 Å². The highest BCUT2D eigenvalue weighted by Crippen LogP contribution is 1.73. The summed E-state index contributed by atoms with van der Waals surface area (Å²) in [6.07, 6.45) is 0.421. The molecule has 86 valence electrons. The number of carbonyl (C=O) groups is 2. The molecule has 0 aliphatic carbocycles. The topological polar surface area (TPSA) is 115 Å². The number of nitrogens with two attached hydrogens (primary N) is 1. The Hall–Kier alpha value is -1.83. The van der Waals surface area contributed by atoms with Gasteiger partial charge in [0.1, 0.15) is 12.9 Å². The van der Waals surface area contributed by atoms with Gasteiger partial charge in [-0.15, -0.1) is 0 Å². The third-order valence-electron chi connectivity index (χ3n) is 1.14.